The smallest absolute Gasteiger partial charge is 0.204 e. The lowest BCUT2D eigenvalue weighted by Gasteiger charge is -2.53. The summed E-state index contributed by atoms with van der Waals surface area (Å²) in [6, 6.07) is 12.3. The van der Waals surface area contributed by atoms with Crippen molar-refractivity contribution >= 4 is 5.78 Å². The normalized spacial score (nSPS) is 26.6. The van der Waals surface area contributed by atoms with Crippen LogP contribution >= 0.6 is 0 Å². The SMILES string of the molecule is O=C(c1ccccc1)c1ccc2c(c1O)OC1CCCCC1(N1CCOCC1)O2. The van der Waals surface area contributed by atoms with Crippen molar-refractivity contribution in [2.75, 3.05) is 26.3 Å². The van der Waals surface area contributed by atoms with E-state index in [2.05, 4.69) is 4.90 Å². The van der Waals surface area contributed by atoms with Crippen molar-refractivity contribution in [3.8, 4) is 17.2 Å². The molecule has 6 nitrogen and oxygen atoms in total. The van der Waals surface area contributed by atoms with Gasteiger partial charge in [0.25, 0.3) is 0 Å². The van der Waals surface area contributed by atoms with Gasteiger partial charge in [-0.2, -0.15) is 0 Å². The highest BCUT2D eigenvalue weighted by Gasteiger charge is 2.53. The summed E-state index contributed by atoms with van der Waals surface area (Å²) in [7, 11) is 0. The Balaban J connectivity index is 1.51. The number of benzene rings is 2. The molecule has 1 saturated heterocycles. The monoisotopic (exact) mass is 395 g/mol. The van der Waals surface area contributed by atoms with Crippen LogP contribution in [0.15, 0.2) is 42.5 Å². The van der Waals surface area contributed by atoms with E-state index in [1.165, 1.54) is 0 Å². The van der Waals surface area contributed by atoms with Gasteiger partial charge in [0.05, 0.1) is 18.8 Å². The third-order valence-electron chi connectivity index (χ3n) is 6.22. The summed E-state index contributed by atoms with van der Waals surface area (Å²) in [5, 5.41) is 10.9. The minimum Gasteiger partial charge on any atom is -0.504 e. The number of morpholine rings is 1. The van der Waals surface area contributed by atoms with Crippen LogP contribution in [0.2, 0.25) is 0 Å². The van der Waals surface area contributed by atoms with E-state index < -0.39 is 5.72 Å². The number of phenols is 1. The van der Waals surface area contributed by atoms with Crippen LogP contribution in [0.4, 0.5) is 0 Å². The molecule has 0 spiro atoms. The van der Waals surface area contributed by atoms with Gasteiger partial charge in [-0.15, -0.1) is 0 Å². The summed E-state index contributed by atoms with van der Waals surface area (Å²) >= 11 is 0. The van der Waals surface area contributed by atoms with Gasteiger partial charge in [-0.05, 0) is 31.4 Å². The molecule has 0 radical (unpaired) electrons. The van der Waals surface area contributed by atoms with Gasteiger partial charge in [-0.3, -0.25) is 9.69 Å². The van der Waals surface area contributed by atoms with Gasteiger partial charge in [0.2, 0.25) is 11.5 Å². The van der Waals surface area contributed by atoms with Crippen molar-refractivity contribution in [1.82, 2.24) is 4.90 Å². The number of hydrogen-bond acceptors (Lipinski definition) is 6. The molecule has 6 heteroatoms. The predicted octanol–water partition coefficient (Wildman–Crippen LogP) is 3.37. The fraction of sp³-hybridized carbons (Fsp3) is 0.435. The average Bonchev–Trinajstić information content (AvgIpc) is 2.79. The molecule has 2 heterocycles. The second-order valence-corrected chi connectivity index (χ2v) is 7.88. The second kappa shape index (κ2) is 7.35. The number of carbonyl (C=O) groups excluding carboxylic acids is 1. The zero-order valence-corrected chi connectivity index (χ0v) is 16.3. The van der Waals surface area contributed by atoms with E-state index in [9.17, 15) is 9.90 Å². The summed E-state index contributed by atoms with van der Waals surface area (Å²) in [5.41, 5.74) is 0.222. The average molecular weight is 395 g/mol. The van der Waals surface area contributed by atoms with E-state index in [0.29, 0.717) is 24.5 Å². The van der Waals surface area contributed by atoms with Crippen LogP contribution in [0, 0.1) is 0 Å². The lowest BCUT2D eigenvalue weighted by Crippen LogP contribution is -2.67. The summed E-state index contributed by atoms with van der Waals surface area (Å²) < 4.78 is 18.4. The van der Waals surface area contributed by atoms with Crippen LogP contribution in [0.3, 0.4) is 0 Å². The van der Waals surface area contributed by atoms with Crippen molar-refractivity contribution in [2.45, 2.75) is 37.5 Å². The molecule has 29 heavy (non-hydrogen) atoms. The Morgan fingerprint density at radius 3 is 2.66 bits per heavy atom. The molecule has 1 N–H and O–H groups in total. The number of hydrogen-bond donors (Lipinski definition) is 1. The van der Waals surface area contributed by atoms with Crippen molar-refractivity contribution < 1.29 is 24.1 Å². The standard InChI is InChI=1S/C23H25NO5/c25-20(16-6-2-1-3-7-16)17-9-10-18-22(21(17)26)28-19-8-4-5-11-23(19,29-18)24-12-14-27-15-13-24/h1-3,6-7,9-10,19,26H,4-5,8,11-15H2. The third kappa shape index (κ3) is 3.07. The molecular formula is C23H25NO5. The highest BCUT2D eigenvalue weighted by Crippen LogP contribution is 2.50. The summed E-state index contributed by atoms with van der Waals surface area (Å²) in [4.78, 5) is 15.2. The number of rotatable bonds is 3. The van der Waals surface area contributed by atoms with Crippen LogP contribution in [-0.4, -0.2) is 53.9 Å². The first-order valence-corrected chi connectivity index (χ1v) is 10.3. The quantitative estimate of drug-likeness (QED) is 0.804. The minimum absolute atomic E-state index is 0.141. The molecular weight excluding hydrogens is 370 g/mol. The molecule has 152 valence electrons. The fourth-order valence-corrected chi connectivity index (χ4v) is 4.74. The van der Waals surface area contributed by atoms with Crippen LogP contribution in [0.25, 0.3) is 0 Å². The third-order valence-corrected chi connectivity index (χ3v) is 6.22. The van der Waals surface area contributed by atoms with Gasteiger partial charge >= 0.3 is 0 Å². The maximum Gasteiger partial charge on any atom is 0.204 e. The highest BCUT2D eigenvalue weighted by molar-refractivity contribution is 6.11. The Kier molecular flexibility index (Phi) is 4.68. The number of nitrogens with zero attached hydrogens (tertiary/aromatic N) is 1. The molecule has 2 fully saturated rings. The first-order valence-electron chi connectivity index (χ1n) is 10.3. The predicted molar refractivity (Wildman–Crippen MR) is 107 cm³/mol. The lowest BCUT2D eigenvalue weighted by molar-refractivity contribution is -0.203. The van der Waals surface area contributed by atoms with Crippen molar-refractivity contribution in [3.63, 3.8) is 0 Å². The molecule has 1 aliphatic carbocycles. The maximum absolute atomic E-state index is 12.9. The van der Waals surface area contributed by atoms with Crippen LogP contribution < -0.4 is 9.47 Å². The number of phenolic OH excluding ortho intramolecular Hbond substituents is 1. The second-order valence-electron chi connectivity index (χ2n) is 7.88. The van der Waals surface area contributed by atoms with E-state index in [4.69, 9.17) is 14.2 Å². The summed E-state index contributed by atoms with van der Waals surface area (Å²) in [5.74, 6) is 0.403. The molecule has 0 bridgehead atoms. The minimum atomic E-state index is -0.535. The van der Waals surface area contributed by atoms with Gasteiger partial charge in [0.1, 0.15) is 0 Å². The molecule has 2 atom stereocenters. The Morgan fingerprint density at radius 1 is 1.07 bits per heavy atom. The van der Waals surface area contributed by atoms with E-state index in [1.807, 2.05) is 6.07 Å². The Bertz CT molecular complexity index is 909. The largest absolute Gasteiger partial charge is 0.504 e. The molecule has 2 aromatic carbocycles. The highest BCUT2D eigenvalue weighted by atomic mass is 16.6. The van der Waals surface area contributed by atoms with E-state index in [1.54, 1.807) is 36.4 Å². The number of ketones is 1. The molecule has 0 aromatic heterocycles. The number of aromatic hydroxyl groups is 1. The van der Waals surface area contributed by atoms with Crippen molar-refractivity contribution in [1.29, 1.82) is 0 Å². The van der Waals surface area contributed by atoms with Gasteiger partial charge in [-0.25, -0.2) is 0 Å². The van der Waals surface area contributed by atoms with Crippen molar-refractivity contribution in [3.05, 3.63) is 53.6 Å². The number of ether oxygens (including phenoxy) is 3. The van der Waals surface area contributed by atoms with Gasteiger partial charge in [0.15, 0.2) is 23.4 Å². The molecule has 2 aromatic rings. The van der Waals surface area contributed by atoms with Crippen LogP contribution in [-0.2, 0) is 4.74 Å². The van der Waals surface area contributed by atoms with Crippen LogP contribution in [0.1, 0.15) is 41.6 Å². The van der Waals surface area contributed by atoms with Gasteiger partial charge in [0, 0.05) is 25.1 Å². The first kappa shape index (κ1) is 18.5. The van der Waals surface area contributed by atoms with E-state index in [-0.39, 0.29) is 28.9 Å². The molecule has 3 aliphatic rings. The summed E-state index contributed by atoms with van der Waals surface area (Å²) in [6.07, 6.45) is 3.67. The van der Waals surface area contributed by atoms with Crippen molar-refractivity contribution in [2.24, 2.45) is 0 Å². The molecule has 2 unspecified atom stereocenters. The zero-order valence-electron chi connectivity index (χ0n) is 16.3. The molecule has 5 rings (SSSR count). The Labute approximate surface area is 170 Å². The fourth-order valence-electron chi connectivity index (χ4n) is 4.74. The van der Waals surface area contributed by atoms with Gasteiger partial charge < -0.3 is 19.3 Å². The molecule has 1 saturated carbocycles. The Morgan fingerprint density at radius 2 is 1.86 bits per heavy atom. The maximum atomic E-state index is 12.9. The Hall–Kier alpha value is -2.57. The van der Waals surface area contributed by atoms with Crippen LogP contribution in [0.5, 0.6) is 17.2 Å². The number of fused-ring (bicyclic) bond motifs is 2. The van der Waals surface area contributed by atoms with E-state index in [0.717, 1.165) is 38.8 Å². The molecule has 2 aliphatic heterocycles. The molecule has 0 amide bonds. The lowest BCUT2D eigenvalue weighted by atomic mass is 9.85. The number of carbonyl (C=O) groups is 1. The summed E-state index contributed by atoms with van der Waals surface area (Å²) in [6.45, 7) is 2.96. The van der Waals surface area contributed by atoms with Gasteiger partial charge in [-0.1, -0.05) is 30.3 Å². The zero-order chi connectivity index (χ0) is 19.8. The first-order chi connectivity index (χ1) is 14.2. The topological polar surface area (TPSA) is 68.2 Å². The van der Waals surface area contributed by atoms with E-state index >= 15 is 0 Å².